The lowest BCUT2D eigenvalue weighted by Crippen LogP contribution is -2.48. The fourth-order valence-electron chi connectivity index (χ4n) is 5.27. The number of nitrogens with zero attached hydrogens (tertiary/aromatic N) is 2. The SMILES string of the molecule is C[C@@H]1C[C@H](C(=O)NC(c2ccc(C(F)(F)F)cc2)C2CC(=O)N(C)C2)N(C(=O)c2cccc(S(C)(=O)=O)c2)C1. The van der Waals surface area contributed by atoms with Crippen molar-refractivity contribution in [3.63, 3.8) is 0 Å². The molecule has 4 rings (SSSR count). The highest BCUT2D eigenvalue weighted by atomic mass is 32.2. The van der Waals surface area contributed by atoms with Crippen LogP contribution in [0, 0.1) is 11.8 Å². The van der Waals surface area contributed by atoms with Gasteiger partial charge in [0.2, 0.25) is 11.8 Å². The van der Waals surface area contributed by atoms with Gasteiger partial charge in [0.05, 0.1) is 16.5 Å². The Hall–Kier alpha value is -3.41. The maximum Gasteiger partial charge on any atom is 0.416 e. The molecule has 2 aliphatic rings. The van der Waals surface area contributed by atoms with Crippen molar-refractivity contribution in [1.82, 2.24) is 15.1 Å². The summed E-state index contributed by atoms with van der Waals surface area (Å²) in [4.78, 5) is 42.2. The third-order valence-electron chi connectivity index (χ3n) is 7.32. The summed E-state index contributed by atoms with van der Waals surface area (Å²) in [7, 11) is -1.93. The van der Waals surface area contributed by atoms with Gasteiger partial charge in [-0.1, -0.05) is 25.1 Å². The molecule has 2 saturated heterocycles. The van der Waals surface area contributed by atoms with Gasteiger partial charge in [-0.05, 0) is 48.2 Å². The standard InChI is InChI=1S/C27H30F3N3O5S/c1-16-11-22(33(14-16)26(36)18-5-4-6-21(12-18)39(3,37)38)25(35)31-24(19-13-23(34)32(2)15-19)17-7-9-20(10-8-17)27(28,29)30/h4-10,12,16,19,22,24H,11,13-15H2,1-3H3,(H,31,35)/t16-,19?,22-,24?/m1/s1. The van der Waals surface area contributed by atoms with E-state index in [-0.39, 0.29) is 41.2 Å². The van der Waals surface area contributed by atoms with Crippen LogP contribution in [-0.4, -0.2) is 68.4 Å². The van der Waals surface area contributed by atoms with Crippen molar-refractivity contribution in [2.45, 2.75) is 42.9 Å². The molecule has 39 heavy (non-hydrogen) atoms. The highest BCUT2D eigenvalue weighted by molar-refractivity contribution is 7.90. The van der Waals surface area contributed by atoms with Crippen molar-refractivity contribution in [2.75, 3.05) is 26.4 Å². The van der Waals surface area contributed by atoms with Gasteiger partial charge in [0.15, 0.2) is 9.84 Å². The van der Waals surface area contributed by atoms with Gasteiger partial charge >= 0.3 is 6.18 Å². The molecule has 12 heteroatoms. The molecule has 0 saturated carbocycles. The zero-order valence-electron chi connectivity index (χ0n) is 21.7. The molecule has 0 aliphatic carbocycles. The average Bonchev–Trinajstić information content (AvgIpc) is 3.42. The fourth-order valence-corrected chi connectivity index (χ4v) is 5.94. The van der Waals surface area contributed by atoms with E-state index in [0.717, 1.165) is 18.4 Å². The molecule has 0 aromatic heterocycles. The molecule has 2 aliphatic heterocycles. The van der Waals surface area contributed by atoms with E-state index in [4.69, 9.17) is 0 Å². The summed E-state index contributed by atoms with van der Waals surface area (Å²) in [5.41, 5.74) is -0.269. The number of hydrogen-bond acceptors (Lipinski definition) is 5. The van der Waals surface area contributed by atoms with Crippen molar-refractivity contribution >= 4 is 27.6 Å². The predicted octanol–water partition coefficient (Wildman–Crippen LogP) is 3.30. The minimum Gasteiger partial charge on any atom is -0.347 e. The maximum atomic E-state index is 13.6. The second-order valence-electron chi connectivity index (χ2n) is 10.5. The number of carbonyl (C=O) groups is 3. The zero-order chi connectivity index (χ0) is 28.7. The topological polar surface area (TPSA) is 104 Å². The van der Waals surface area contributed by atoms with Gasteiger partial charge in [-0.3, -0.25) is 14.4 Å². The number of benzene rings is 2. The lowest BCUT2D eigenvalue weighted by molar-refractivity contribution is -0.137. The fraction of sp³-hybridized carbons (Fsp3) is 0.444. The first-order valence-corrected chi connectivity index (χ1v) is 14.4. The molecule has 210 valence electrons. The number of amides is 3. The maximum absolute atomic E-state index is 13.6. The summed E-state index contributed by atoms with van der Waals surface area (Å²) in [6.45, 7) is 2.47. The second-order valence-corrected chi connectivity index (χ2v) is 12.5. The van der Waals surface area contributed by atoms with Crippen LogP contribution in [0.3, 0.4) is 0 Å². The summed E-state index contributed by atoms with van der Waals surface area (Å²) < 4.78 is 63.4. The molecule has 2 fully saturated rings. The first-order chi connectivity index (χ1) is 18.1. The quantitative estimate of drug-likeness (QED) is 0.579. The highest BCUT2D eigenvalue weighted by Gasteiger charge is 2.41. The smallest absolute Gasteiger partial charge is 0.347 e. The van der Waals surface area contributed by atoms with Crippen LogP contribution >= 0.6 is 0 Å². The van der Waals surface area contributed by atoms with Crippen molar-refractivity contribution in [1.29, 1.82) is 0 Å². The molecule has 2 aromatic carbocycles. The van der Waals surface area contributed by atoms with E-state index < -0.39 is 45.5 Å². The average molecular weight is 566 g/mol. The van der Waals surface area contributed by atoms with E-state index in [1.807, 2.05) is 6.92 Å². The molecule has 2 unspecified atom stereocenters. The van der Waals surface area contributed by atoms with Crippen molar-refractivity contribution in [2.24, 2.45) is 11.8 Å². The van der Waals surface area contributed by atoms with Crippen LogP contribution in [0.4, 0.5) is 13.2 Å². The monoisotopic (exact) mass is 565 g/mol. The first kappa shape index (κ1) is 28.6. The summed E-state index contributed by atoms with van der Waals surface area (Å²) in [6, 6.07) is 8.47. The van der Waals surface area contributed by atoms with Gasteiger partial charge in [0.1, 0.15) is 6.04 Å². The Balaban J connectivity index is 1.61. The molecule has 2 aromatic rings. The van der Waals surface area contributed by atoms with E-state index in [1.165, 1.54) is 46.2 Å². The number of nitrogens with one attached hydrogen (secondary N) is 1. The summed E-state index contributed by atoms with van der Waals surface area (Å²) >= 11 is 0. The van der Waals surface area contributed by atoms with Crippen LogP contribution in [0.1, 0.15) is 47.3 Å². The molecule has 0 spiro atoms. The highest BCUT2D eigenvalue weighted by Crippen LogP contribution is 2.35. The number of hydrogen-bond donors (Lipinski definition) is 1. The number of alkyl halides is 3. The summed E-state index contributed by atoms with van der Waals surface area (Å²) in [5.74, 6) is -1.52. The van der Waals surface area contributed by atoms with Crippen molar-refractivity contribution < 1.29 is 36.0 Å². The number of sulfone groups is 1. The third-order valence-corrected chi connectivity index (χ3v) is 8.43. The molecular formula is C27H30F3N3O5S. The zero-order valence-corrected chi connectivity index (χ0v) is 22.6. The van der Waals surface area contributed by atoms with Gasteiger partial charge in [0.25, 0.3) is 5.91 Å². The third kappa shape index (κ3) is 6.26. The Morgan fingerprint density at radius 3 is 2.31 bits per heavy atom. The van der Waals surface area contributed by atoms with E-state index in [2.05, 4.69) is 5.32 Å². The Morgan fingerprint density at radius 1 is 1.08 bits per heavy atom. The van der Waals surface area contributed by atoms with E-state index in [1.54, 1.807) is 7.05 Å². The Bertz CT molecular complexity index is 1380. The Kier molecular flexibility index (Phi) is 7.79. The lowest BCUT2D eigenvalue weighted by atomic mass is 9.91. The van der Waals surface area contributed by atoms with Crippen LogP contribution in [-0.2, 0) is 25.6 Å². The van der Waals surface area contributed by atoms with Gasteiger partial charge in [0, 0.05) is 44.3 Å². The van der Waals surface area contributed by atoms with Crippen LogP contribution in [0.15, 0.2) is 53.4 Å². The Labute approximate surface area is 225 Å². The molecule has 3 amide bonds. The molecule has 8 nitrogen and oxygen atoms in total. The van der Waals surface area contributed by atoms with Gasteiger partial charge < -0.3 is 15.1 Å². The molecular weight excluding hydrogens is 535 g/mol. The van der Waals surface area contributed by atoms with Crippen LogP contribution in [0.5, 0.6) is 0 Å². The van der Waals surface area contributed by atoms with Gasteiger partial charge in [-0.2, -0.15) is 13.2 Å². The molecule has 0 radical (unpaired) electrons. The molecule has 1 N–H and O–H groups in total. The lowest BCUT2D eigenvalue weighted by Gasteiger charge is -2.29. The first-order valence-electron chi connectivity index (χ1n) is 12.5. The number of carbonyl (C=O) groups excluding carboxylic acids is 3. The van der Waals surface area contributed by atoms with Crippen molar-refractivity contribution in [3.8, 4) is 0 Å². The van der Waals surface area contributed by atoms with E-state index in [0.29, 0.717) is 18.5 Å². The van der Waals surface area contributed by atoms with E-state index >= 15 is 0 Å². The van der Waals surface area contributed by atoms with Crippen LogP contribution in [0.2, 0.25) is 0 Å². The van der Waals surface area contributed by atoms with Crippen LogP contribution in [0.25, 0.3) is 0 Å². The number of rotatable bonds is 6. The minimum atomic E-state index is -4.52. The molecule has 4 atom stereocenters. The Morgan fingerprint density at radius 2 is 1.74 bits per heavy atom. The number of halogens is 3. The number of likely N-dealkylation sites (tertiary alicyclic amines) is 2. The van der Waals surface area contributed by atoms with Crippen molar-refractivity contribution in [3.05, 3.63) is 65.2 Å². The van der Waals surface area contributed by atoms with Gasteiger partial charge in [-0.15, -0.1) is 0 Å². The van der Waals surface area contributed by atoms with Gasteiger partial charge in [-0.25, -0.2) is 8.42 Å². The second kappa shape index (κ2) is 10.6. The largest absolute Gasteiger partial charge is 0.416 e. The predicted molar refractivity (Wildman–Crippen MR) is 136 cm³/mol. The molecule has 2 heterocycles. The summed E-state index contributed by atoms with van der Waals surface area (Å²) in [6.07, 6.45) is -3.01. The molecule has 0 bridgehead atoms. The minimum absolute atomic E-state index is 0.0148. The van der Waals surface area contributed by atoms with Crippen LogP contribution < -0.4 is 5.32 Å². The summed E-state index contributed by atoms with van der Waals surface area (Å²) in [5, 5.41) is 2.92. The normalized spacial score (nSPS) is 22.7. The van der Waals surface area contributed by atoms with E-state index in [9.17, 15) is 36.0 Å².